The van der Waals surface area contributed by atoms with Crippen molar-refractivity contribution in [3.63, 3.8) is 0 Å². The largest absolute Gasteiger partial charge is 0.372 e. The smallest absolute Gasteiger partial charge is 0.0437 e. The van der Waals surface area contributed by atoms with E-state index < -0.39 is 0 Å². The molecule has 1 saturated carbocycles. The van der Waals surface area contributed by atoms with Crippen LogP contribution in [-0.4, -0.2) is 13.1 Å². The van der Waals surface area contributed by atoms with E-state index >= 15 is 0 Å². The van der Waals surface area contributed by atoms with Crippen molar-refractivity contribution in [2.24, 2.45) is 0 Å². The fourth-order valence-corrected chi connectivity index (χ4v) is 4.10. The number of anilines is 1. The van der Waals surface area contributed by atoms with Crippen LogP contribution in [0, 0.1) is 0 Å². The third kappa shape index (κ3) is 3.21. The van der Waals surface area contributed by atoms with E-state index in [1.807, 2.05) is 0 Å². The summed E-state index contributed by atoms with van der Waals surface area (Å²) in [5.74, 6) is 0. The number of benzene rings is 2. The molecule has 2 aromatic carbocycles. The predicted molar refractivity (Wildman–Crippen MR) is 101 cm³/mol. The molecule has 1 aliphatic heterocycles. The molecular weight excluding hydrogens is 292 g/mol. The lowest BCUT2D eigenvalue weighted by molar-refractivity contribution is 0.183. The molecule has 1 aliphatic carbocycles. The molecule has 0 aromatic heterocycles. The van der Waals surface area contributed by atoms with Crippen LogP contribution in [0.5, 0.6) is 0 Å². The Labute approximate surface area is 145 Å². The Morgan fingerprint density at radius 2 is 1.50 bits per heavy atom. The van der Waals surface area contributed by atoms with Crippen molar-refractivity contribution in [3.8, 4) is 0 Å². The molecule has 2 aromatic rings. The van der Waals surface area contributed by atoms with Crippen molar-refractivity contribution in [3.05, 3.63) is 65.7 Å². The molecule has 1 N–H and O–H groups in total. The molecule has 24 heavy (non-hydrogen) atoms. The Balaban J connectivity index is 1.40. The van der Waals surface area contributed by atoms with Crippen molar-refractivity contribution < 1.29 is 0 Å². The zero-order chi connectivity index (χ0) is 16.2. The van der Waals surface area contributed by atoms with E-state index in [-0.39, 0.29) is 5.54 Å². The van der Waals surface area contributed by atoms with Gasteiger partial charge in [-0.3, -0.25) is 0 Å². The van der Waals surface area contributed by atoms with Crippen molar-refractivity contribution in [2.45, 2.75) is 50.6 Å². The zero-order valence-electron chi connectivity index (χ0n) is 14.5. The molecule has 2 nitrogen and oxygen atoms in total. The zero-order valence-corrected chi connectivity index (χ0v) is 14.5. The van der Waals surface area contributed by atoms with Crippen molar-refractivity contribution in [1.29, 1.82) is 0 Å². The molecular formula is C22H28N2. The van der Waals surface area contributed by atoms with E-state index in [1.165, 1.54) is 68.4 Å². The Morgan fingerprint density at radius 1 is 0.792 bits per heavy atom. The minimum atomic E-state index is 0.201. The molecule has 0 radical (unpaired) electrons. The molecule has 2 heteroatoms. The molecule has 4 rings (SSSR count). The highest BCUT2D eigenvalue weighted by Gasteiger charge is 2.37. The molecule has 1 saturated heterocycles. The van der Waals surface area contributed by atoms with Crippen LogP contribution >= 0.6 is 0 Å². The van der Waals surface area contributed by atoms with E-state index in [4.69, 9.17) is 0 Å². The van der Waals surface area contributed by atoms with Gasteiger partial charge >= 0.3 is 0 Å². The summed E-state index contributed by atoms with van der Waals surface area (Å²) in [4.78, 5) is 2.53. The lowest BCUT2D eigenvalue weighted by atomic mass is 9.71. The second kappa shape index (κ2) is 6.98. The summed E-state index contributed by atoms with van der Waals surface area (Å²) in [6, 6.07) is 20.2. The average molecular weight is 320 g/mol. The maximum absolute atomic E-state index is 3.85. The molecule has 2 fully saturated rings. The first-order chi connectivity index (χ1) is 11.9. The number of rotatable bonds is 5. The second-order valence-corrected chi connectivity index (χ2v) is 7.37. The minimum absolute atomic E-state index is 0.201. The van der Waals surface area contributed by atoms with Gasteiger partial charge in [0.1, 0.15) is 0 Å². The van der Waals surface area contributed by atoms with Gasteiger partial charge in [0.25, 0.3) is 0 Å². The first-order valence-corrected chi connectivity index (χ1v) is 9.50. The fourth-order valence-electron chi connectivity index (χ4n) is 4.10. The fraction of sp³-hybridized carbons (Fsp3) is 0.455. The van der Waals surface area contributed by atoms with Gasteiger partial charge in [0.05, 0.1) is 0 Å². The van der Waals surface area contributed by atoms with E-state index in [1.54, 1.807) is 0 Å². The normalized spacial score (nSPS) is 19.8. The van der Waals surface area contributed by atoms with Crippen LogP contribution in [0.2, 0.25) is 0 Å². The van der Waals surface area contributed by atoms with Crippen LogP contribution in [0.15, 0.2) is 54.6 Å². The SMILES string of the molecule is c1ccc(C2(NCc3ccc(N4CCCCC4)cc3)CCC2)cc1. The molecule has 0 amide bonds. The summed E-state index contributed by atoms with van der Waals surface area (Å²) in [5.41, 5.74) is 4.42. The molecule has 126 valence electrons. The number of hydrogen-bond donors (Lipinski definition) is 1. The lowest BCUT2D eigenvalue weighted by Gasteiger charge is -2.43. The van der Waals surface area contributed by atoms with Gasteiger partial charge in [-0.15, -0.1) is 0 Å². The van der Waals surface area contributed by atoms with Gasteiger partial charge in [-0.2, -0.15) is 0 Å². The van der Waals surface area contributed by atoms with Gasteiger partial charge in [0.2, 0.25) is 0 Å². The van der Waals surface area contributed by atoms with Crippen LogP contribution in [0.25, 0.3) is 0 Å². The van der Waals surface area contributed by atoms with Crippen LogP contribution in [-0.2, 0) is 12.1 Å². The van der Waals surface area contributed by atoms with Gasteiger partial charge in [-0.05, 0) is 61.8 Å². The van der Waals surface area contributed by atoms with Crippen LogP contribution < -0.4 is 10.2 Å². The summed E-state index contributed by atoms with van der Waals surface area (Å²) >= 11 is 0. The Kier molecular flexibility index (Phi) is 4.57. The third-order valence-electron chi connectivity index (χ3n) is 5.82. The Morgan fingerprint density at radius 3 is 2.12 bits per heavy atom. The number of hydrogen-bond acceptors (Lipinski definition) is 2. The first-order valence-electron chi connectivity index (χ1n) is 9.50. The lowest BCUT2D eigenvalue weighted by Crippen LogP contribution is -2.47. The summed E-state index contributed by atoms with van der Waals surface area (Å²) in [5, 5.41) is 3.85. The summed E-state index contributed by atoms with van der Waals surface area (Å²) in [6.45, 7) is 3.39. The van der Waals surface area contributed by atoms with Crippen molar-refractivity contribution in [2.75, 3.05) is 18.0 Å². The van der Waals surface area contributed by atoms with E-state index in [2.05, 4.69) is 64.8 Å². The van der Waals surface area contributed by atoms with Gasteiger partial charge in [-0.1, -0.05) is 42.5 Å². The number of piperidine rings is 1. The highest BCUT2D eigenvalue weighted by Crippen LogP contribution is 2.41. The monoisotopic (exact) mass is 320 g/mol. The van der Waals surface area contributed by atoms with Crippen molar-refractivity contribution in [1.82, 2.24) is 5.32 Å². The van der Waals surface area contributed by atoms with Gasteiger partial charge < -0.3 is 10.2 Å². The van der Waals surface area contributed by atoms with E-state index in [0.29, 0.717) is 0 Å². The maximum Gasteiger partial charge on any atom is 0.0437 e. The second-order valence-electron chi connectivity index (χ2n) is 7.37. The Hall–Kier alpha value is -1.80. The molecule has 2 aliphatic rings. The summed E-state index contributed by atoms with van der Waals surface area (Å²) < 4.78 is 0. The van der Waals surface area contributed by atoms with E-state index in [0.717, 1.165) is 6.54 Å². The summed E-state index contributed by atoms with van der Waals surface area (Å²) in [6.07, 6.45) is 7.90. The van der Waals surface area contributed by atoms with Crippen molar-refractivity contribution >= 4 is 5.69 Å². The van der Waals surface area contributed by atoms with E-state index in [9.17, 15) is 0 Å². The topological polar surface area (TPSA) is 15.3 Å². The van der Waals surface area contributed by atoms with Crippen LogP contribution in [0.3, 0.4) is 0 Å². The highest BCUT2D eigenvalue weighted by atomic mass is 15.1. The number of nitrogens with zero attached hydrogens (tertiary/aromatic N) is 1. The highest BCUT2D eigenvalue weighted by molar-refractivity contribution is 5.48. The third-order valence-corrected chi connectivity index (χ3v) is 5.82. The standard InChI is InChI=1S/C22H28N2/c1-3-8-20(9-4-1)22(14-7-15-22)23-18-19-10-12-21(13-11-19)24-16-5-2-6-17-24/h1,3-4,8-13,23H,2,5-7,14-18H2. The minimum Gasteiger partial charge on any atom is -0.372 e. The number of nitrogens with one attached hydrogen (secondary N) is 1. The quantitative estimate of drug-likeness (QED) is 0.847. The molecule has 0 spiro atoms. The van der Waals surface area contributed by atoms with Crippen LogP contribution in [0.1, 0.15) is 49.7 Å². The molecule has 0 atom stereocenters. The van der Waals surface area contributed by atoms with Gasteiger partial charge in [0, 0.05) is 30.9 Å². The first kappa shape index (κ1) is 15.7. The Bertz CT molecular complexity index is 637. The summed E-state index contributed by atoms with van der Waals surface area (Å²) in [7, 11) is 0. The van der Waals surface area contributed by atoms with Gasteiger partial charge in [0.15, 0.2) is 0 Å². The van der Waals surface area contributed by atoms with Crippen LogP contribution in [0.4, 0.5) is 5.69 Å². The predicted octanol–water partition coefficient (Wildman–Crippen LogP) is 4.85. The molecule has 0 bridgehead atoms. The molecule has 1 heterocycles. The van der Waals surface area contributed by atoms with Gasteiger partial charge in [-0.25, -0.2) is 0 Å². The molecule has 0 unspecified atom stereocenters. The average Bonchev–Trinajstić information content (AvgIpc) is 2.63. The maximum atomic E-state index is 3.85.